The molecule has 0 atom stereocenters. The van der Waals surface area contributed by atoms with E-state index in [2.05, 4.69) is 9.72 Å². The molecule has 1 aromatic heterocycles. The van der Waals surface area contributed by atoms with Gasteiger partial charge in [-0.3, -0.25) is 4.79 Å². The zero-order chi connectivity index (χ0) is 13.8. The van der Waals surface area contributed by atoms with Gasteiger partial charge in [-0.1, -0.05) is 0 Å². The summed E-state index contributed by atoms with van der Waals surface area (Å²) in [5.74, 6) is -2.72. The lowest BCUT2D eigenvalue weighted by Crippen LogP contribution is -2.19. The summed E-state index contributed by atoms with van der Waals surface area (Å²) in [5, 5.41) is 0. The molecule has 19 heavy (non-hydrogen) atoms. The fraction of sp³-hybridized carbons (Fsp3) is 0.462. The van der Waals surface area contributed by atoms with Crippen molar-refractivity contribution < 1.29 is 23.5 Å². The highest BCUT2D eigenvalue weighted by Crippen LogP contribution is 2.31. The molecule has 1 saturated carbocycles. The number of Topliss-reactive ketones (excluding diaryl/α,β-unsaturated/α-hetero) is 1. The van der Waals surface area contributed by atoms with Gasteiger partial charge in [0.2, 0.25) is 0 Å². The van der Waals surface area contributed by atoms with Crippen LogP contribution in [-0.2, 0) is 9.53 Å². The predicted octanol–water partition coefficient (Wildman–Crippen LogP) is 1.76. The van der Waals surface area contributed by atoms with E-state index in [1.54, 1.807) is 6.92 Å². The van der Waals surface area contributed by atoms with Crippen molar-refractivity contribution in [2.75, 3.05) is 13.2 Å². The van der Waals surface area contributed by atoms with Crippen molar-refractivity contribution >= 4 is 11.8 Å². The van der Waals surface area contributed by atoms with Crippen molar-refractivity contribution in [3.8, 4) is 5.75 Å². The van der Waals surface area contributed by atoms with Crippen molar-refractivity contribution in [3.05, 3.63) is 23.8 Å². The number of ether oxygens (including phenoxy) is 2. The van der Waals surface area contributed by atoms with Crippen molar-refractivity contribution in [1.29, 1.82) is 0 Å². The van der Waals surface area contributed by atoms with Gasteiger partial charge in [0.15, 0.2) is 5.75 Å². The molecule has 0 unspecified atom stereocenters. The summed E-state index contributed by atoms with van der Waals surface area (Å²) in [4.78, 5) is 26.6. The minimum absolute atomic E-state index is 0.0798. The Balaban J connectivity index is 2.19. The molecule has 2 rings (SSSR count). The maximum absolute atomic E-state index is 13.6. The van der Waals surface area contributed by atoms with Gasteiger partial charge in [-0.2, -0.15) is 4.39 Å². The lowest BCUT2D eigenvalue weighted by atomic mass is 10.1. The van der Waals surface area contributed by atoms with E-state index in [9.17, 15) is 14.0 Å². The van der Waals surface area contributed by atoms with Gasteiger partial charge in [0.1, 0.15) is 0 Å². The molecule has 0 bridgehead atoms. The molecule has 102 valence electrons. The van der Waals surface area contributed by atoms with Gasteiger partial charge in [-0.05, 0) is 31.7 Å². The topological polar surface area (TPSA) is 65.5 Å². The molecule has 1 heterocycles. The number of nitrogens with zero attached hydrogens (tertiary/aromatic N) is 1. The Labute approximate surface area is 109 Å². The number of aromatic nitrogens is 1. The van der Waals surface area contributed by atoms with Crippen LogP contribution in [0.5, 0.6) is 5.75 Å². The van der Waals surface area contributed by atoms with Crippen LogP contribution < -0.4 is 4.74 Å². The second kappa shape index (κ2) is 5.77. The number of hydrogen-bond acceptors (Lipinski definition) is 5. The number of halogens is 1. The van der Waals surface area contributed by atoms with E-state index in [1.165, 1.54) is 6.07 Å². The standard InChI is InChI=1S/C13H14FNO4/c1-2-18-13(17)10(16)9-5-6-15-12(14)11(9)19-7-8-3-4-8/h5-6,8H,2-4,7H2,1H3. The van der Waals surface area contributed by atoms with Crippen LogP contribution in [0.1, 0.15) is 30.1 Å². The summed E-state index contributed by atoms with van der Waals surface area (Å²) in [6.45, 7) is 1.99. The molecule has 0 saturated heterocycles. The molecule has 0 spiro atoms. The number of carbonyl (C=O) groups is 2. The number of ketones is 1. The summed E-state index contributed by atoms with van der Waals surface area (Å²) >= 11 is 0. The molecule has 6 heteroatoms. The van der Waals surface area contributed by atoms with Gasteiger partial charge in [0.05, 0.1) is 18.8 Å². The molecule has 5 nitrogen and oxygen atoms in total. The maximum Gasteiger partial charge on any atom is 0.379 e. The largest absolute Gasteiger partial charge is 0.488 e. The minimum Gasteiger partial charge on any atom is -0.488 e. The van der Waals surface area contributed by atoms with Gasteiger partial charge in [-0.15, -0.1) is 0 Å². The van der Waals surface area contributed by atoms with Gasteiger partial charge in [-0.25, -0.2) is 9.78 Å². The molecule has 1 aliphatic rings. The monoisotopic (exact) mass is 267 g/mol. The van der Waals surface area contributed by atoms with Gasteiger partial charge in [0.25, 0.3) is 11.7 Å². The second-order valence-corrected chi connectivity index (χ2v) is 4.28. The van der Waals surface area contributed by atoms with E-state index in [1.807, 2.05) is 0 Å². The lowest BCUT2D eigenvalue weighted by Gasteiger charge is -2.10. The van der Waals surface area contributed by atoms with Gasteiger partial charge in [0, 0.05) is 6.20 Å². The summed E-state index contributed by atoms with van der Waals surface area (Å²) in [5.41, 5.74) is -0.147. The molecule has 0 aliphatic heterocycles. The van der Waals surface area contributed by atoms with E-state index < -0.39 is 17.7 Å². The van der Waals surface area contributed by atoms with E-state index in [4.69, 9.17) is 4.74 Å². The van der Waals surface area contributed by atoms with Gasteiger partial charge < -0.3 is 9.47 Å². The number of esters is 1. The van der Waals surface area contributed by atoms with Crippen LogP contribution in [-0.4, -0.2) is 30.0 Å². The average Bonchev–Trinajstić information content (AvgIpc) is 3.20. The SMILES string of the molecule is CCOC(=O)C(=O)c1ccnc(F)c1OCC1CC1. The van der Waals surface area contributed by atoms with Crippen LogP contribution in [0.3, 0.4) is 0 Å². The number of hydrogen-bond donors (Lipinski definition) is 0. The zero-order valence-electron chi connectivity index (χ0n) is 10.5. The summed E-state index contributed by atoms with van der Waals surface area (Å²) in [6.07, 6.45) is 3.18. The smallest absolute Gasteiger partial charge is 0.379 e. The molecule has 1 aliphatic carbocycles. The van der Waals surface area contributed by atoms with Gasteiger partial charge >= 0.3 is 5.97 Å². The third-order valence-corrected chi connectivity index (χ3v) is 2.73. The fourth-order valence-electron chi connectivity index (χ4n) is 1.53. The summed E-state index contributed by atoms with van der Waals surface area (Å²) < 4.78 is 23.5. The molecular formula is C13H14FNO4. The van der Waals surface area contributed by atoms with E-state index in [0.29, 0.717) is 12.5 Å². The summed E-state index contributed by atoms with van der Waals surface area (Å²) in [6, 6.07) is 1.25. The zero-order valence-corrected chi connectivity index (χ0v) is 10.5. The van der Waals surface area contributed by atoms with Crippen LogP contribution in [0.4, 0.5) is 4.39 Å². The first-order valence-electron chi connectivity index (χ1n) is 6.12. The van der Waals surface area contributed by atoms with E-state index in [0.717, 1.165) is 19.0 Å². The number of rotatable bonds is 6. The Morgan fingerprint density at radius 1 is 1.47 bits per heavy atom. The van der Waals surface area contributed by atoms with Crippen molar-refractivity contribution in [1.82, 2.24) is 4.98 Å². The van der Waals surface area contributed by atoms with Crippen LogP contribution in [0, 0.1) is 11.9 Å². The normalized spacial score (nSPS) is 14.0. The first kappa shape index (κ1) is 13.5. The third-order valence-electron chi connectivity index (χ3n) is 2.73. The third kappa shape index (κ3) is 3.27. The fourth-order valence-corrected chi connectivity index (χ4v) is 1.53. The molecular weight excluding hydrogens is 253 g/mol. The molecule has 1 aromatic rings. The van der Waals surface area contributed by atoms with Crippen LogP contribution in [0.25, 0.3) is 0 Å². The van der Waals surface area contributed by atoms with E-state index >= 15 is 0 Å². The van der Waals surface area contributed by atoms with Crippen molar-refractivity contribution in [3.63, 3.8) is 0 Å². The highest BCUT2D eigenvalue weighted by Gasteiger charge is 2.27. The van der Waals surface area contributed by atoms with Crippen LogP contribution in [0.15, 0.2) is 12.3 Å². The average molecular weight is 267 g/mol. The molecule has 0 N–H and O–H groups in total. The highest BCUT2D eigenvalue weighted by molar-refractivity contribution is 6.41. The molecule has 0 amide bonds. The first-order valence-corrected chi connectivity index (χ1v) is 6.12. The second-order valence-electron chi connectivity index (χ2n) is 4.28. The Bertz CT molecular complexity index is 499. The first-order chi connectivity index (χ1) is 9.13. The molecule has 0 radical (unpaired) electrons. The van der Waals surface area contributed by atoms with Crippen LogP contribution >= 0.6 is 0 Å². The van der Waals surface area contributed by atoms with Crippen LogP contribution in [0.2, 0.25) is 0 Å². The maximum atomic E-state index is 13.6. The number of carbonyl (C=O) groups excluding carboxylic acids is 2. The van der Waals surface area contributed by atoms with E-state index in [-0.39, 0.29) is 17.9 Å². The Kier molecular flexibility index (Phi) is 4.09. The summed E-state index contributed by atoms with van der Waals surface area (Å²) in [7, 11) is 0. The molecule has 1 fully saturated rings. The predicted molar refractivity (Wildman–Crippen MR) is 63.4 cm³/mol. The van der Waals surface area contributed by atoms with Crippen molar-refractivity contribution in [2.45, 2.75) is 19.8 Å². The molecule has 0 aromatic carbocycles. The Morgan fingerprint density at radius 3 is 2.84 bits per heavy atom. The van der Waals surface area contributed by atoms with Crippen molar-refractivity contribution in [2.24, 2.45) is 5.92 Å². The minimum atomic E-state index is -1.02. The quantitative estimate of drug-likeness (QED) is 0.340. The Morgan fingerprint density at radius 2 is 2.21 bits per heavy atom. The Hall–Kier alpha value is -1.98. The highest BCUT2D eigenvalue weighted by atomic mass is 19.1. The number of pyridine rings is 1. The lowest BCUT2D eigenvalue weighted by molar-refractivity contribution is -0.137.